The molecule has 1 fully saturated rings. The van der Waals surface area contributed by atoms with Crippen LogP contribution in [-0.2, 0) is 26.1 Å². The highest BCUT2D eigenvalue weighted by atomic mass is 32.2. The first-order chi connectivity index (χ1) is 20.3. The first-order valence-corrected chi connectivity index (χ1v) is 15.8. The van der Waals surface area contributed by atoms with Crippen LogP contribution in [0.1, 0.15) is 29.2 Å². The first kappa shape index (κ1) is 28.2. The van der Waals surface area contributed by atoms with E-state index in [-0.39, 0.29) is 10.8 Å². The molecular weight excluding hydrogens is 550 g/mol. The fourth-order valence-corrected chi connectivity index (χ4v) is 7.12. The van der Waals surface area contributed by atoms with Gasteiger partial charge in [-0.1, -0.05) is 24.3 Å². The number of morpholine rings is 1. The van der Waals surface area contributed by atoms with Gasteiger partial charge >= 0.3 is 0 Å². The lowest BCUT2D eigenvalue weighted by atomic mass is 10.0. The molecule has 0 spiro atoms. The van der Waals surface area contributed by atoms with Crippen molar-refractivity contribution in [3.05, 3.63) is 89.1 Å². The number of carbonyl (C=O) groups is 1. The fraction of sp³-hybridized carbons (Fsp3) is 0.303. The molecule has 6 rings (SSSR count). The number of anilines is 1. The van der Waals surface area contributed by atoms with Crippen LogP contribution in [0.4, 0.5) is 5.69 Å². The summed E-state index contributed by atoms with van der Waals surface area (Å²) in [6.07, 6.45) is 3.93. The zero-order valence-corrected chi connectivity index (χ0v) is 25.0. The van der Waals surface area contributed by atoms with Crippen LogP contribution in [0.5, 0.6) is 5.75 Å². The monoisotopic (exact) mass is 585 g/mol. The summed E-state index contributed by atoms with van der Waals surface area (Å²) in [5, 5.41) is 1.01. The predicted molar refractivity (Wildman–Crippen MR) is 165 cm³/mol. The maximum atomic E-state index is 13.6. The van der Waals surface area contributed by atoms with E-state index in [0.717, 1.165) is 27.9 Å². The van der Waals surface area contributed by atoms with Gasteiger partial charge in [-0.2, -0.15) is 4.31 Å². The highest BCUT2D eigenvalue weighted by Gasteiger charge is 2.34. The molecule has 8 nitrogen and oxygen atoms in total. The summed E-state index contributed by atoms with van der Waals surface area (Å²) in [5.74, 6) is 0.705. The van der Waals surface area contributed by atoms with Gasteiger partial charge in [0.15, 0.2) is 0 Å². The van der Waals surface area contributed by atoms with Gasteiger partial charge in [0.1, 0.15) is 12.4 Å². The van der Waals surface area contributed by atoms with E-state index in [2.05, 4.69) is 36.6 Å². The van der Waals surface area contributed by atoms with Gasteiger partial charge in [0.2, 0.25) is 10.0 Å². The molecule has 1 amide bonds. The Morgan fingerprint density at radius 1 is 0.976 bits per heavy atom. The van der Waals surface area contributed by atoms with Gasteiger partial charge in [-0.05, 0) is 74.4 Å². The molecule has 0 aliphatic carbocycles. The minimum absolute atomic E-state index is 0.136. The molecule has 1 aromatic heterocycles. The molecule has 0 unspecified atom stereocenters. The number of likely N-dealkylation sites (N-methyl/N-ethyl adjacent to an activating group) is 1. The molecule has 42 heavy (non-hydrogen) atoms. The zero-order chi connectivity index (χ0) is 29.4. The summed E-state index contributed by atoms with van der Waals surface area (Å²) < 4.78 is 41.9. The lowest BCUT2D eigenvalue weighted by Gasteiger charge is -2.26. The van der Waals surface area contributed by atoms with Crippen molar-refractivity contribution in [1.29, 1.82) is 0 Å². The minimum Gasteiger partial charge on any atom is -0.492 e. The number of hydrogen-bond acceptors (Lipinski definition) is 5. The number of ether oxygens (including phenoxy) is 2. The molecule has 2 aliphatic heterocycles. The van der Waals surface area contributed by atoms with Gasteiger partial charge in [-0.3, -0.25) is 4.79 Å². The van der Waals surface area contributed by atoms with Crippen LogP contribution in [0, 0.1) is 13.8 Å². The number of para-hydroxylation sites is 1. The van der Waals surface area contributed by atoms with Gasteiger partial charge < -0.3 is 18.9 Å². The second-order valence-corrected chi connectivity index (χ2v) is 12.6. The van der Waals surface area contributed by atoms with E-state index in [1.807, 2.05) is 43.5 Å². The number of aromatic nitrogens is 1. The van der Waals surface area contributed by atoms with Crippen LogP contribution in [0.2, 0.25) is 0 Å². The van der Waals surface area contributed by atoms with Gasteiger partial charge in [-0.15, -0.1) is 0 Å². The summed E-state index contributed by atoms with van der Waals surface area (Å²) >= 11 is 0. The summed E-state index contributed by atoms with van der Waals surface area (Å²) in [5.41, 5.74) is 6.19. The third-order valence-corrected chi connectivity index (χ3v) is 10.0. The van der Waals surface area contributed by atoms with Crippen LogP contribution in [0.3, 0.4) is 0 Å². The average molecular weight is 586 g/mol. The molecule has 0 N–H and O–H groups in total. The quantitative estimate of drug-likeness (QED) is 0.264. The van der Waals surface area contributed by atoms with E-state index in [1.165, 1.54) is 15.4 Å². The van der Waals surface area contributed by atoms with Crippen molar-refractivity contribution in [2.24, 2.45) is 0 Å². The Bertz CT molecular complexity index is 1800. The number of nitrogens with zero attached hydrogens (tertiary/aromatic N) is 3. The molecular formula is C33H35N3O5S. The second kappa shape index (κ2) is 11.4. The zero-order valence-electron chi connectivity index (χ0n) is 24.2. The van der Waals surface area contributed by atoms with Crippen molar-refractivity contribution in [3.8, 4) is 5.75 Å². The maximum Gasteiger partial charge on any atom is 0.258 e. The van der Waals surface area contributed by atoms with Crippen LogP contribution in [0.25, 0.3) is 22.6 Å². The number of hydrogen-bond donors (Lipinski definition) is 0. The first-order valence-electron chi connectivity index (χ1n) is 14.3. The normalized spacial score (nSPS) is 16.9. The average Bonchev–Trinajstić information content (AvgIpc) is 3.49. The fourth-order valence-electron chi connectivity index (χ4n) is 5.68. The standard InChI is InChI=1S/C33H35N3O5S/c1-4-36-32-12-11-27(42(38,39)35-14-16-40-17-15-35)21-29(32)30(33(36)37)20-25-22-34(31-8-6-5-7-28(25)31)13-18-41-26-10-9-23(2)24(3)19-26/h5-12,19-22H,4,13-18H2,1-3H3. The molecule has 9 heteroatoms. The Morgan fingerprint density at radius 3 is 2.52 bits per heavy atom. The molecule has 4 aromatic rings. The number of amides is 1. The Kier molecular flexibility index (Phi) is 7.66. The summed E-state index contributed by atoms with van der Waals surface area (Å²) in [6, 6.07) is 19.2. The van der Waals surface area contributed by atoms with Crippen LogP contribution < -0.4 is 9.64 Å². The molecule has 3 heterocycles. The predicted octanol–water partition coefficient (Wildman–Crippen LogP) is 5.27. The summed E-state index contributed by atoms with van der Waals surface area (Å²) in [6.45, 7) is 9.05. The number of aryl methyl sites for hydroxylation is 2. The lowest BCUT2D eigenvalue weighted by Crippen LogP contribution is -2.40. The third-order valence-electron chi connectivity index (χ3n) is 8.15. The van der Waals surface area contributed by atoms with Gasteiger partial charge in [0, 0.05) is 53.4 Å². The van der Waals surface area contributed by atoms with E-state index in [4.69, 9.17) is 9.47 Å². The maximum absolute atomic E-state index is 13.6. The molecule has 3 aromatic carbocycles. The largest absolute Gasteiger partial charge is 0.492 e. The molecule has 0 saturated carbocycles. The van der Waals surface area contributed by atoms with Crippen molar-refractivity contribution in [1.82, 2.24) is 8.87 Å². The lowest BCUT2D eigenvalue weighted by molar-refractivity contribution is -0.112. The van der Waals surface area contributed by atoms with E-state index in [0.29, 0.717) is 57.1 Å². The van der Waals surface area contributed by atoms with E-state index in [9.17, 15) is 13.2 Å². The molecule has 0 atom stereocenters. The Labute approximate surface area is 246 Å². The Hall–Kier alpha value is -3.92. The van der Waals surface area contributed by atoms with Crippen molar-refractivity contribution >= 4 is 44.2 Å². The van der Waals surface area contributed by atoms with Crippen molar-refractivity contribution in [2.45, 2.75) is 32.2 Å². The van der Waals surface area contributed by atoms with Crippen LogP contribution >= 0.6 is 0 Å². The summed E-state index contributed by atoms with van der Waals surface area (Å²) in [4.78, 5) is 15.5. The van der Waals surface area contributed by atoms with Crippen molar-refractivity contribution in [3.63, 3.8) is 0 Å². The number of fused-ring (bicyclic) bond motifs is 2. The second-order valence-electron chi connectivity index (χ2n) is 10.7. The highest BCUT2D eigenvalue weighted by Crippen LogP contribution is 2.40. The molecule has 1 saturated heterocycles. The van der Waals surface area contributed by atoms with E-state index in [1.54, 1.807) is 23.1 Å². The van der Waals surface area contributed by atoms with Crippen molar-refractivity contribution < 1.29 is 22.7 Å². The highest BCUT2D eigenvalue weighted by molar-refractivity contribution is 7.89. The third kappa shape index (κ3) is 5.12. The number of rotatable bonds is 8. The molecule has 0 bridgehead atoms. The summed E-state index contributed by atoms with van der Waals surface area (Å²) in [7, 11) is -3.71. The van der Waals surface area contributed by atoms with Gasteiger partial charge in [0.25, 0.3) is 5.91 Å². The topological polar surface area (TPSA) is 81.1 Å². The Morgan fingerprint density at radius 2 is 1.76 bits per heavy atom. The minimum atomic E-state index is -3.71. The SMILES string of the molecule is CCN1C(=O)C(=Cc2cn(CCOc3ccc(C)c(C)c3)c3ccccc23)c2cc(S(=O)(=O)N3CCOCC3)ccc21. The molecule has 0 radical (unpaired) electrons. The number of sulfonamides is 1. The van der Waals surface area contributed by atoms with Crippen LogP contribution in [0.15, 0.2) is 71.8 Å². The number of benzene rings is 3. The Balaban J connectivity index is 1.34. The van der Waals surface area contributed by atoms with Gasteiger partial charge in [-0.25, -0.2) is 8.42 Å². The van der Waals surface area contributed by atoms with Crippen molar-refractivity contribution in [2.75, 3.05) is 44.4 Å². The van der Waals surface area contributed by atoms with Crippen LogP contribution in [-0.4, -0.2) is 62.7 Å². The van der Waals surface area contributed by atoms with E-state index < -0.39 is 10.0 Å². The number of carbonyl (C=O) groups excluding carboxylic acids is 1. The van der Waals surface area contributed by atoms with Gasteiger partial charge in [0.05, 0.1) is 30.3 Å². The smallest absolute Gasteiger partial charge is 0.258 e. The molecule has 218 valence electrons. The molecule has 2 aliphatic rings. The van der Waals surface area contributed by atoms with E-state index >= 15 is 0 Å².